The van der Waals surface area contributed by atoms with E-state index in [0.29, 0.717) is 5.82 Å². The second-order valence-corrected chi connectivity index (χ2v) is 5.60. The fourth-order valence-corrected chi connectivity index (χ4v) is 2.67. The zero-order chi connectivity index (χ0) is 15.0. The summed E-state index contributed by atoms with van der Waals surface area (Å²) < 4.78 is 4.20. The van der Waals surface area contributed by atoms with Crippen molar-refractivity contribution in [1.29, 1.82) is 0 Å². The molecule has 0 aliphatic heterocycles. The minimum Gasteiger partial charge on any atom is -0.383 e. The molecular formula is C13H16BrN7. The molecule has 7 nitrogen and oxygen atoms in total. The van der Waals surface area contributed by atoms with Crippen molar-refractivity contribution >= 4 is 27.4 Å². The maximum atomic E-state index is 6.16. The molecular weight excluding hydrogens is 334 g/mol. The summed E-state index contributed by atoms with van der Waals surface area (Å²) in [7, 11) is 3.79. The van der Waals surface area contributed by atoms with E-state index in [9.17, 15) is 0 Å². The van der Waals surface area contributed by atoms with Gasteiger partial charge in [-0.15, -0.1) is 0 Å². The van der Waals surface area contributed by atoms with Gasteiger partial charge in [-0.3, -0.25) is 4.68 Å². The first-order chi connectivity index (χ1) is 10.1. The van der Waals surface area contributed by atoms with E-state index in [4.69, 9.17) is 10.7 Å². The van der Waals surface area contributed by atoms with Crippen LogP contribution in [0.1, 0.15) is 5.69 Å². The maximum absolute atomic E-state index is 6.16. The molecule has 3 N–H and O–H groups in total. The molecule has 0 saturated heterocycles. The summed E-state index contributed by atoms with van der Waals surface area (Å²) >= 11 is 3.51. The molecule has 3 aromatic heterocycles. The monoisotopic (exact) mass is 349 g/mol. The molecule has 0 atom stereocenters. The normalized spacial score (nSPS) is 11.4. The van der Waals surface area contributed by atoms with Crippen molar-refractivity contribution in [2.45, 2.75) is 6.42 Å². The van der Waals surface area contributed by atoms with Gasteiger partial charge in [-0.2, -0.15) is 14.7 Å². The Kier molecular flexibility index (Phi) is 3.64. The van der Waals surface area contributed by atoms with Crippen molar-refractivity contribution in [3.63, 3.8) is 0 Å². The first-order valence-corrected chi connectivity index (χ1v) is 7.36. The van der Waals surface area contributed by atoms with E-state index in [2.05, 4.69) is 31.4 Å². The predicted molar refractivity (Wildman–Crippen MR) is 84.9 cm³/mol. The van der Waals surface area contributed by atoms with Crippen LogP contribution in [0.4, 0.5) is 5.82 Å². The number of nitrogens with two attached hydrogens (primary N) is 1. The van der Waals surface area contributed by atoms with E-state index in [1.807, 2.05) is 20.3 Å². The maximum Gasteiger partial charge on any atom is 0.165 e. The molecule has 3 aromatic rings. The highest BCUT2D eigenvalue weighted by atomic mass is 79.9. The lowest BCUT2D eigenvalue weighted by molar-refractivity contribution is 0.768. The highest BCUT2D eigenvalue weighted by Crippen LogP contribution is 2.29. The first-order valence-electron chi connectivity index (χ1n) is 6.57. The van der Waals surface area contributed by atoms with Crippen molar-refractivity contribution in [2.75, 3.05) is 19.3 Å². The summed E-state index contributed by atoms with van der Waals surface area (Å²) in [6, 6.07) is 0. The smallest absolute Gasteiger partial charge is 0.165 e. The van der Waals surface area contributed by atoms with E-state index in [1.54, 1.807) is 21.6 Å². The molecule has 0 bridgehead atoms. The summed E-state index contributed by atoms with van der Waals surface area (Å²) in [5.41, 5.74) is 9.72. The molecule has 0 aromatic carbocycles. The highest BCUT2D eigenvalue weighted by Gasteiger charge is 2.16. The van der Waals surface area contributed by atoms with Crippen LogP contribution in [-0.4, -0.2) is 38.0 Å². The van der Waals surface area contributed by atoms with E-state index in [-0.39, 0.29) is 0 Å². The quantitative estimate of drug-likeness (QED) is 0.739. The lowest BCUT2D eigenvalue weighted by Crippen LogP contribution is -2.13. The van der Waals surface area contributed by atoms with Gasteiger partial charge in [-0.1, -0.05) is 0 Å². The van der Waals surface area contributed by atoms with Crippen LogP contribution < -0.4 is 11.1 Å². The van der Waals surface area contributed by atoms with Gasteiger partial charge in [0.1, 0.15) is 5.82 Å². The minimum atomic E-state index is 0.557. The number of hydrogen-bond acceptors (Lipinski definition) is 5. The number of nitrogens with zero attached hydrogens (tertiary/aromatic N) is 5. The van der Waals surface area contributed by atoms with Crippen molar-refractivity contribution < 1.29 is 0 Å². The average Bonchev–Trinajstić information content (AvgIpc) is 3.07. The minimum absolute atomic E-state index is 0.557. The molecule has 0 aliphatic rings. The Hall–Kier alpha value is -1.93. The van der Waals surface area contributed by atoms with Crippen LogP contribution in [0.5, 0.6) is 0 Å². The largest absolute Gasteiger partial charge is 0.383 e. The fraction of sp³-hybridized carbons (Fsp3) is 0.308. The van der Waals surface area contributed by atoms with Crippen molar-refractivity contribution in [3.8, 4) is 11.1 Å². The molecule has 0 fully saturated rings. The van der Waals surface area contributed by atoms with Gasteiger partial charge in [0, 0.05) is 37.3 Å². The standard InChI is InChI=1S/C13H16BrN7/c1-16-4-3-10-11(14)12(15)21-13(19-10)9(6-18-21)8-5-17-20(2)7-8/h5-7,16H,3-4,15H2,1-2H3. The Balaban J connectivity index is 2.18. The van der Waals surface area contributed by atoms with Crippen molar-refractivity contribution in [3.05, 3.63) is 28.8 Å². The molecule has 110 valence electrons. The van der Waals surface area contributed by atoms with Crippen LogP contribution in [0.15, 0.2) is 23.1 Å². The van der Waals surface area contributed by atoms with Crippen LogP contribution in [-0.2, 0) is 13.5 Å². The Morgan fingerprint density at radius 3 is 2.81 bits per heavy atom. The van der Waals surface area contributed by atoms with Gasteiger partial charge in [0.25, 0.3) is 0 Å². The third kappa shape index (κ3) is 2.40. The molecule has 0 radical (unpaired) electrons. The molecule has 8 heteroatoms. The van der Waals surface area contributed by atoms with E-state index in [0.717, 1.165) is 39.9 Å². The topological polar surface area (TPSA) is 86.1 Å². The summed E-state index contributed by atoms with van der Waals surface area (Å²) in [6.07, 6.45) is 6.29. The number of nitrogen functional groups attached to an aromatic ring is 1. The number of nitrogens with one attached hydrogen (secondary N) is 1. The molecule has 3 heterocycles. The molecule has 0 amide bonds. The first kappa shape index (κ1) is 14.0. The molecule has 0 spiro atoms. The number of anilines is 1. The van der Waals surface area contributed by atoms with Gasteiger partial charge in [-0.25, -0.2) is 4.98 Å². The van der Waals surface area contributed by atoms with Gasteiger partial charge >= 0.3 is 0 Å². The summed E-state index contributed by atoms with van der Waals surface area (Å²) in [5.74, 6) is 0.557. The SMILES string of the molecule is CNCCc1nc2c(-c3cnn(C)c3)cnn2c(N)c1Br. The second-order valence-electron chi connectivity index (χ2n) is 4.81. The van der Waals surface area contributed by atoms with Gasteiger partial charge in [-0.05, 0) is 23.0 Å². The Bertz CT molecular complexity index is 789. The predicted octanol–water partition coefficient (Wildman–Crippen LogP) is 1.24. The van der Waals surface area contributed by atoms with Gasteiger partial charge in [0.05, 0.1) is 22.6 Å². The number of aryl methyl sites for hydroxylation is 1. The van der Waals surface area contributed by atoms with Crippen LogP contribution >= 0.6 is 15.9 Å². The average molecular weight is 350 g/mol. The number of hydrogen-bond donors (Lipinski definition) is 2. The van der Waals surface area contributed by atoms with E-state index < -0.39 is 0 Å². The van der Waals surface area contributed by atoms with E-state index >= 15 is 0 Å². The summed E-state index contributed by atoms with van der Waals surface area (Å²) in [6.45, 7) is 0.831. The zero-order valence-electron chi connectivity index (χ0n) is 11.8. The third-order valence-corrected chi connectivity index (χ3v) is 4.18. The second kappa shape index (κ2) is 5.45. The van der Waals surface area contributed by atoms with Gasteiger partial charge in [0.15, 0.2) is 5.65 Å². The molecule has 0 unspecified atom stereocenters. The Morgan fingerprint density at radius 2 is 2.14 bits per heavy atom. The van der Waals surface area contributed by atoms with E-state index in [1.165, 1.54) is 0 Å². The third-order valence-electron chi connectivity index (χ3n) is 3.32. The van der Waals surface area contributed by atoms with Crippen LogP contribution in [0.25, 0.3) is 16.8 Å². The highest BCUT2D eigenvalue weighted by molar-refractivity contribution is 9.10. The number of halogens is 1. The number of rotatable bonds is 4. The van der Waals surface area contributed by atoms with Crippen LogP contribution in [0, 0.1) is 0 Å². The van der Waals surface area contributed by atoms with Gasteiger partial charge in [0.2, 0.25) is 0 Å². The Morgan fingerprint density at radius 1 is 1.33 bits per heavy atom. The number of fused-ring (bicyclic) bond motifs is 1. The summed E-state index contributed by atoms with van der Waals surface area (Å²) in [4.78, 5) is 4.72. The lowest BCUT2D eigenvalue weighted by atomic mass is 10.2. The number of likely N-dealkylation sites (N-methyl/N-ethyl adjacent to an activating group) is 1. The van der Waals surface area contributed by atoms with Crippen molar-refractivity contribution in [1.82, 2.24) is 29.7 Å². The zero-order valence-corrected chi connectivity index (χ0v) is 13.4. The molecule has 21 heavy (non-hydrogen) atoms. The number of aromatic nitrogens is 5. The lowest BCUT2D eigenvalue weighted by Gasteiger charge is -2.08. The van der Waals surface area contributed by atoms with Crippen LogP contribution in [0.2, 0.25) is 0 Å². The van der Waals surface area contributed by atoms with Crippen molar-refractivity contribution in [2.24, 2.45) is 7.05 Å². The molecule has 0 aliphatic carbocycles. The van der Waals surface area contributed by atoms with Gasteiger partial charge < -0.3 is 11.1 Å². The van der Waals surface area contributed by atoms with Crippen LogP contribution in [0.3, 0.4) is 0 Å². The molecule has 0 saturated carbocycles. The fourth-order valence-electron chi connectivity index (χ4n) is 2.22. The Labute approximate surface area is 130 Å². The molecule has 3 rings (SSSR count). The summed E-state index contributed by atoms with van der Waals surface area (Å²) in [5, 5.41) is 11.6.